The number of methoxy groups -OCH3 is 1. The number of para-hydroxylation sites is 1. The number of carbonyl (C=O) groups excluding carboxylic acids is 1. The molecule has 1 amide bonds. The van der Waals surface area contributed by atoms with E-state index in [0.717, 1.165) is 35.7 Å². The molecule has 0 saturated carbocycles. The highest BCUT2D eigenvalue weighted by molar-refractivity contribution is 7.99. The van der Waals surface area contributed by atoms with Gasteiger partial charge in [-0.05, 0) is 42.5 Å². The molecule has 146 valence electrons. The highest BCUT2D eigenvalue weighted by Crippen LogP contribution is 2.30. The van der Waals surface area contributed by atoms with E-state index in [1.165, 1.54) is 0 Å². The van der Waals surface area contributed by atoms with Crippen molar-refractivity contribution in [1.82, 2.24) is 25.7 Å². The van der Waals surface area contributed by atoms with Gasteiger partial charge in [0, 0.05) is 11.5 Å². The number of aromatic nitrogens is 4. The number of nitrogens with one attached hydrogen (secondary N) is 2. The van der Waals surface area contributed by atoms with Gasteiger partial charge in [-0.25, -0.2) is 0 Å². The molecule has 8 nitrogen and oxygen atoms in total. The Morgan fingerprint density at radius 3 is 3.00 bits per heavy atom. The van der Waals surface area contributed by atoms with Crippen LogP contribution in [0, 0.1) is 0 Å². The number of amides is 1. The van der Waals surface area contributed by atoms with Crippen molar-refractivity contribution in [1.29, 1.82) is 0 Å². The topological polar surface area (TPSA) is 106 Å². The zero-order valence-corrected chi connectivity index (χ0v) is 16.3. The first-order valence-electron chi connectivity index (χ1n) is 9.12. The van der Waals surface area contributed by atoms with E-state index >= 15 is 0 Å². The van der Waals surface area contributed by atoms with E-state index < -0.39 is 0 Å². The number of carbonyl (C=O) groups is 1. The van der Waals surface area contributed by atoms with Crippen LogP contribution in [0.1, 0.15) is 41.0 Å². The van der Waals surface area contributed by atoms with Gasteiger partial charge in [0.25, 0.3) is 5.91 Å². The summed E-state index contributed by atoms with van der Waals surface area (Å²) in [6.45, 7) is 0.177. The predicted molar refractivity (Wildman–Crippen MR) is 105 cm³/mol. The SMILES string of the molecule is COc1ccccc1-c1cc(C(=O)NCc2nc(C3CCSCC3)no2)[nH]n1. The number of hydrogen-bond acceptors (Lipinski definition) is 7. The first-order chi connectivity index (χ1) is 13.7. The third kappa shape index (κ3) is 4.04. The Morgan fingerprint density at radius 2 is 2.18 bits per heavy atom. The quantitative estimate of drug-likeness (QED) is 0.656. The van der Waals surface area contributed by atoms with Gasteiger partial charge >= 0.3 is 0 Å². The summed E-state index contributed by atoms with van der Waals surface area (Å²) in [4.78, 5) is 16.9. The zero-order valence-electron chi connectivity index (χ0n) is 15.5. The summed E-state index contributed by atoms with van der Waals surface area (Å²) >= 11 is 1.95. The summed E-state index contributed by atoms with van der Waals surface area (Å²) in [6, 6.07) is 9.20. The van der Waals surface area contributed by atoms with Gasteiger partial charge in [-0.2, -0.15) is 21.8 Å². The van der Waals surface area contributed by atoms with Crippen molar-refractivity contribution in [2.45, 2.75) is 25.3 Å². The molecule has 9 heteroatoms. The number of ether oxygens (including phenoxy) is 1. The molecule has 2 aromatic heterocycles. The molecule has 0 atom stereocenters. The molecule has 28 heavy (non-hydrogen) atoms. The lowest BCUT2D eigenvalue weighted by Crippen LogP contribution is -2.23. The average Bonchev–Trinajstić information content (AvgIpc) is 3.43. The molecule has 2 N–H and O–H groups in total. The van der Waals surface area contributed by atoms with Gasteiger partial charge in [0.2, 0.25) is 5.89 Å². The normalized spacial score (nSPS) is 14.8. The highest BCUT2D eigenvalue weighted by Gasteiger charge is 2.21. The van der Waals surface area contributed by atoms with Gasteiger partial charge in [-0.15, -0.1) is 0 Å². The van der Waals surface area contributed by atoms with Crippen molar-refractivity contribution in [3.05, 3.63) is 47.7 Å². The predicted octanol–water partition coefficient (Wildman–Crippen LogP) is 3.01. The molecular weight excluding hydrogens is 378 g/mol. The van der Waals surface area contributed by atoms with Gasteiger partial charge < -0.3 is 14.6 Å². The largest absolute Gasteiger partial charge is 0.496 e. The van der Waals surface area contributed by atoms with E-state index in [9.17, 15) is 4.79 Å². The molecule has 0 bridgehead atoms. The third-order valence-electron chi connectivity index (χ3n) is 4.68. The standard InChI is InChI=1S/C19H21N5O3S/c1-26-16-5-3-2-4-13(16)14-10-15(23-22-14)19(25)20-11-17-21-18(24-27-17)12-6-8-28-9-7-12/h2-5,10,12H,6-9,11H2,1H3,(H,20,25)(H,22,23). The Hall–Kier alpha value is -2.81. The Morgan fingerprint density at radius 1 is 1.36 bits per heavy atom. The molecule has 4 rings (SSSR count). The van der Waals surface area contributed by atoms with Crippen LogP contribution in [0.25, 0.3) is 11.3 Å². The van der Waals surface area contributed by atoms with Gasteiger partial charge in [0.15, 0.2) is 5.82 Å². The second-order valence-corrected chi connectivity index (χ2v) is 7.71. The Labute approximate surface area is 166 Å². The molecule has 0 radical (unpaired) electrons. The first kappa shape index (κ1) is 18.5. The maximum absolute atomic E-state index is 12.4. The van der Waals surface area contributed by atoms with Crippen LogP contribution in [0.15, 0.2) is 34.9 Å². The summed E-state index contributed by atoms with van der Waals surface area (Å²) in [5.41, 5.74) is 1.80. The Balaban J connectivity index is 1.38. The van der Waals surface area contributed by atoms with E-state index in [1.54, 1.807) is 13.2 Å². The van der Waals surface area contributed by atoms with Crippen LogP contribution in [-0.2, 0) is 6.54 Å². The molecule has 0 spiro atoms. The molecule has 1 aliphatic rings. The van der Waals surface area contributed by atoms with Crippen LogP contribution >= 0.6 is 11.8 Å². The summed E-state index contributed by atoms with van der Waals surface area (Å²) < 4.78 is 10.6. The van der Waals surface area contributed by atoms with Crippen LogP contribution in [0.5, 0.6) is 5.75 Å². The number of hydrogen-bond donors (Lipinski definition) is 2. The third-order valence-corrected chi connectivity index (χ3v) is 5.72. The van der Waals surface area contributed by atoms with Crippen molar-refractivity contribution in [2.24, 2.45) is 0 Å². The maximum Gasteiger partial charge on any atom is 0.269 e. The van der Waals surface area contributed by atoms with Crippen molar-refractivity contribution >= 4 is 17.7 Å². The number of rotatable bonds is 6. The van der Waals surface area contributed by atoms with Crippen molar-refractivity contribution in [3.63, 3.8) is 0 Å². The van der Waals surface area contributed by atoms with E-state index in [2.05, 4.69) is 25.7 Å². The molecule has 1 aliphatic heterocycles. The smallest absolute Gasteiger partial charge is 0.269 e. The fraction of sp³-hybridized carbons (Fsp3) is 0.368. The van der Waals surface area contributed by atoms with Gasteiger partial charge in [0.1, 0.15) is 11.4 Å². The van der Waals surface area contributed by atoms with Crippen LogP contribution < -0.4 is 10.1 Å². The van der Waals surface area contributed by atoms with Crippen LogP contribution in [0.4, 0.5) is 0 Å². The second kappa shape index (κ2) is 8.47. The lowest BCUT2D eigenvalue weighted by molar-refractivity contribution is 0.0941. The van der Waals surface area contributed by atoms with Gasteiger partial charge in [0.05, 0.1) is 19.3 Å². The van der Waals surface area contributed by atoms with E-state index in [4.69, 9.17) is 9.26 Å². The Kier molecular flexibility index (Phi) is 5.61. The van der Waals surface area contributed by atoms with E-state index in [-0.39, 0.29) is 12.5 Å². The number of benzene rings is 1. The van der Waals surface area contributed by atoms with Gasteiger partial charge in [-0.1, -0.05) is 17.3 Å². The number of thioether (sulfide) groups is 1. The van der Waals surface area contributed by atoms with E-state index in [0.29, 0.717) is 28.9 Å². The molecule has 0 unspecified atom stereocenters. The molecule has 3 heterocycles. The molecule has 1 aromatic carbocycles. The minimum Gasteiger partial charge on any atom is -0.496 e. The summed E-state index contributed by atoms with van der Waals surface area (Å²) in [5.74, 6) is 4.16. The van der Waals surface area contributed by atoms with Crippen molar-refractivity contribution < 1.29 is 14.1 Å². The molecule has 0 aliphatic carbocycles. The fourth-order valence-corrected chi connectivity index (χ4v) is 4.25. The second-order valence-electron chi connectivity index (χ2n) is 6.48. The van der Waals surface area contributed by atoms with Crippen molar-refractivity contribution in [3.8, 4) is 17.0 Å². The lowest BCUT2D eigenvalue weighted by Gasteiger charge is -2.17. The van der Waals surface area contributed by atoms with Gasteiger partial charge in [-0.3, -0.25) is 9.89 Å². The van der Waals surface area contributed by atoms with Crippen LogP contribution in [-0.4, -0.2) is 44.9 Å². The highest BCUT2D eigenvalue weighted by atomic mass is 32.2. The molecule has 3 aromatic rings. The lowest BCUT2D eigenvalue weighted by atomic mass is 10.0. The fourth-order valence-electron chi connectivity index (χ4n) is 3.14. The monoisotopic (exact) mass is 399 g/mol. The molecule has 1 saturated heterocycles. The number of aromatic amines is 1. The van der Waals surface area contributed by atoms with Crippen molar-refractivity contribution in [2.75, 3.05) is 18.6 Å². The zero-order chi connectivity index (χ0) is 19.3. The maximum atomic E-state index is 12.4. The summed E-state index contributed by atoms with van der Waals surface area (Å²) in [6.07, 6.45) is 2.13. The molecule has 1 fully saturated rings. The number of H-pyrrole nitrogens is 1. The minimum atomic E-state index is -0.289. The summed E-state index contributed by atoms with van der Waals surface area (Å²) in [7, 11) is 1.60. The number of nitrogens with zero attached hydrogens (tertiary/aromatic N) is 3. The molecular formula is C19H21N5O3S. The minimum absolute atomic E-state index is 0.177. The first-order valence-corrected chi connectivity index (χ1v) is 10.3. The summed E-state index contributed by atoms with van der Waals surface area (Å²) in [5, 5.41) is 13.8. The average molecular weight is 399 g/mol. The van der Waals surface area contributed by atoms with Crippen LogP contribution in [0.2, 0.25) is 0 Å². The van der Waals surface area contributed by atoms with Crippen LogP contribution in [0.3, 0.4) is 0 Å². The van der Waals surface area contributed by atoms with E-state index in [1.807, 2.05) is 36.0 Å². The Bertz CT molecular complexity index is 948.